The fourth-order valence-corrected chi connectivity index (χ4v) is 2.72. The summed E-state index contributed by atoms with van der Waals surface area (Å²) in [4.78, 5) is 18.2. The number of carbonyl (C=O) groups excluding carboxylic acids is 1. The van der Waals surface area contributed by atoms with E-state index in [-0.39, 0.29) is 12.5 Å². The van der Waals surface area contributed by atoms with Gasteiger partial charge in [0.2, 0.25) is 6.10 Å². The van der Waals surface area contributed by atoms with Crippen molar-refractivity contribution in [3.05, 3.63) is 35.3 Å². The van der Waals surface area contributed by atoms with E-state index in [0.29, 0.717) is 16.6 Å². The smallest absolute Gasteiger partial charge is 0.273 e. The Bertz CT molecular complexity index is 641. The van der Waals surface area contributed by atoms with Gasteiger partial charge in [-0.2, -0.15) is 0 Å². The summed E-state index contributed by atoms with van der Waals surface area (Å²) in [6.07, 6.45) is -0.640. The molecule has 5 nitrogen and oxygen atoms in total. The second-order valence-electron chi connectivity index (χ2n) is 4.53. The third-order valence-corrected chi connectivity index (χ3v) is 4.04. The van der Waals surface area contributed by atoms with Crippen LogP contribution in [0.15, 0.2) is 29.6 Å². The number of rotatable bonds is 2. The number of anilines is 1. The summed E-state index contributed by atoms with van der Waals surface area (Å²) in [5.74, 6) is 1.11. The first-order valence-electron chi connectivity index (χ1n) is 6.23. The molecule has 2 heterocycles. The van der Waals surface area contributed by atoms with Crippen LogP contribution < -0.4 is 14.4 Å². The van der Waals surface area contributed by atoms with Crippen molar-refractivity contribution >= 4 is 22.4 Å². The number of aryl methyl sites for hydroxylation is 1. The van der Waals surface area contributed by atoms with Gasteiger partial charge in [0, 0.05) is 12.4 Å². The Kier molecular flexibility index (Phi) is 3.31. The van der Waals surface area contributed by atoms with Gasteiger partial charge in [-0.1, -0.05) is 12.1 Å². The van der Waals surface area contributed by atoms with Crippen molar-refractivity contribution in [2.75, 3.05) is 18.6 Å². The first-order chi connectivity index (χ1) is 9.65. The van der Waals surface area contributed by atoms with Crippen LogP contribution in [0.3, 0.4) is 0 Å². The molecule has 1 aliphatic heterocycles. The Morgan fingerprint density at radius 2 is 2.15 bits per heavy atom. The topological polar surface area (TPSA) is 51.7 Å². The lowest BCUT2D eigenvalue weighted by molar-refractivity contribution is -0.127. The molecule has 1 aromatic heterocycles. The second kappa shape index (κ2) is 5.13. The highest BCUT2D eigenvalue weighted by Crippen LogP contribution is 2.31. The molecule has 0 saturated heterocycles. The van der Waals surface area contributed by atoms with Gasteiger partial charge in [-0.05, 0) is 19.1 Å². The van der Waals surface area contributed by atoms with Gasteiger partial charge in [0.25, 0.3) is 5.91 Å². The minimum atomic E-state index is -0.640. The van der Waals surface area contributed by atoms with E-state index in [0.717, 1.165) is 5.69 Å². The van der Waals surface area contributed by atoms with Crippen molar-refractivity contribution in [1.82, 2.24) is 4.98 Å². The molecular weight excluding hydrogens is 276 g/mol. The zero-order valence-electron chi connectivity index (χ0n) is 11.2. The lowest BCUT2D eigenvalue weighted by Gasteiger charge is -2.27. The lowest BCUT2D eigenvalue weighted by atomic mass is 10.2. The van der Waals surface area contributed by atoms with Gasteiger partial charge in [-0.25, -0.2) is 4.98 Å². The Balaban J connectivity index is 1.76. The first kappa shape index (κ1) is 12.9. The summed E-state index contributed by atoms with van der Waals surface area (Å²) in [7, 11) is 1.70. The number of thiazole rings is 1. The molecule has 0 radical (unpaired) electrons. The average Bonchev–Trinajstić information content (AvgIpc) is 2.92. The molecular formula is C14H14N2O3S. The van der Waals surface area contributed by atoms with Crippen LogP contribution in [0.1, 0.15) is 5.69 Å². The third-order valence-electron chi connectivity index (χ3n) is 3.01. The molecule has 1 aliphatic rings. The molecule has 0 N–H and O–H groups in total. The maximum Gasteiger partial charge on any atom is 0.273 e. The third kappa shape index (κ3) is 2.34. The number of fused-ring (bicyclic) bond motifs is 1. The molecule has 104 valence electrons. The number of amides is 1. The molecule has 0 saturated carbocycles. The molecule has 6 heteroatoms. The van der Waals surface area contributed by atoms with Crippen molar-refractivity contribution in [2.45, 2.75) is 13.0 Å². The maximum absolute atomic E-state index is 12.4. The summed E-state index contributed by atoms with van der Waals surface area (Å²) in [6, 6.07) is 7.34. The standard InChI is InChI=1S/C14H14N2O3S/c1-9-8-20-14(15-9)16(2)13(17)12-7-18-10-5-3-4-6-11(10)19-12/h3-6,8,12H,7H2,1-2H3/t12-/m1/s1. The van der Waals surface area contributed by atoms with Crippen LogP contribution in [0.2, 0.25) is 0 Å². The zero-order chi connectivity index (χ0) is 14.1. The number of nitrogens with zero attached hydrogens (tertiary/aromatic N) is 2. The second-order valence-corrected chi connectivity index (χ2v) is 5.37. The van der Waals surface area contributed by atoms with Crippen LogP contribution in [-0.4, -0.2) is 30.6 Å². The number of aromatic nitrogens is 1. The van der Waals surface area contributed by atoms with E-state index in [1.54, 1.807) is 13.1 Å². The van der Waals surface area contributed by atoms with Gasteiger partial charge >= 0.3 is 0 Å². The Morgan fingerprint density at radius 1 is 1.40 bits per heavy atom. The highest BCUT2D eigenvalue weighted by Gasteiger charge is 2.31. The SMILES string of the molecule is Cc1csc(N(C)C(=O)[C@H]2COc3ccccc3O2)n1. The molecule has 1 aromatic carbocycles. The van der Waals surface area contributed by atoms with E-state index in [9.17, 15) is 4.79 Å². The number of hydrogen-bond donors (Lipinski definition) is 0. The number of para-hydroxylation sites is 2. The van der Waals surface area contributed by atoms with Crippen LogP contribution in [-0.2, 0) is 4.79 Å². The number of carbonyl (C=O) groups is 1. The predicted octanol–water partition coefficient (Wildman–Crippen LogP) is 2.25. The van der Waals surface area contributed by atoms with Gasteiger partial charge < -0.3 is 9.47 Å². The van der Waals surface area contributed by atoms with Crippen molar-refractivity contribution < 1.29 is 14.3 Å². The summed E-state index contributed by atoms with van der Waals surface area (Å²) in [5.41, 5.74) is 0.899. The molecule has 1 amide bonds. The highest BCUT2D eigenvalue weighted by atomic mass is 32.1. The molecule has 1 atom stereocenters. The lowest BCUT2D eigenvalue weighted by Crippen LogP contribution is -2.45. The van der Waals surface area contributed by atoms with E-state index < -0.39 is 6.10 Å². The van der Waals surface area contributed by atoms with E-state index in [4.69, 9.17) is 9.47 Å². The van der Waals surface area contributed by atoms with Crippen LogP contribution >= 0.6 is 11.3 Å². The molecule has 0 spiro atoms. The molecule has 20 heavy (non-hydrogen) atoms. The van der Waals surface area contributed by atoms with Gasteiger partial charge in [-0.15, -0.1) is 11.3 Å². The average molecular weight is 290 g/mol. The van der Waals surface area contributed by atoms with Crippen LogP contribution in [0.25, 0.3) is 0 Å². The predicted molar refractivity (Wildman–Crippen MR) is 76.6 cm³/mol. The number of hydrogen-bond acceptors (Lipinski definition) is 5. The van der Waals surface area contributed by atoms with Crippen LogP contribution in [0.5, 0.6) is 11.5 Å². The van der Waals surface area contributed by atoms with Gasteiger partial charge in [-0.3, -0.25) is 9.69 Å². The van der Waals surface area contributed by atoms with E-state index >= 15 is 0 Å². The summed E-state index contributed by atoms with van der Waals surface area (Å²) in [6.45, 7) is 2.11. The first-order valence-corrected chi connectivity index (χ1v) is 7.11. The molecule has 2 aromatic rings. The molecule has 0 aliphatic carbocycles. The van der Waals surface area contributed by atoms with Crippen molar-refractivity contribution in [3.8, 4) is 11.5 Å². The highest BCUT2D eigenvalue weighted by molar-refractivity contribution is 7.14. The largest absolute Gasteiger partial charge is 0.485 e. The molecule has 3 rings (SSSR count). The number of ether oxygens (including phenoxy) is 2. The summed E-state index contributed by atoms with van der Waals surface area (Å²) >= 11 is 1.43. The van der Waals surface area contributed by atoms with E-state index in [2.05, 4.69) is 4.98 Å². The van der Waals surface area contributed by atoms with Gasteiger partial charge in [0.15, 0.2) is 16.6 Å². The minimum Gasteiger partial charge on any atom is -0.485 e. The Labute approximate surface area is 120 Å². The van der Waals surface area contributed by atoms with Gasteiger partial charge in [0.1, 0.15) is 6.61 Å². The van der Waals surface area contributed by atoms with Crippen LogP contribution in [0, 0.1) is 6.92 Å². The summed E-state index contributed by atoms with van der Waals surface area (Å²) < 4.78 is 11.3. The molecule has 0 bridgehead atoms. The Hall–Kier alpha value is -2.08. The van der Waals surface area contributed by atoms with Gasteiger partial charge in [0.05, 0.1) is 5.69 Å². The van der Waals surface area contributed by atoms with E-state index in [1.807, 2.05) is 30.5 Å². The van der Waals surface area contributed by atoms with Crippen molar-refractivity contribution in [3.63, 3.8) is 0 Å². The minimum absolute atomic E-state index is 0.158. The van der Waals surface area contributed by atoms with Crippen molar-refractivity contribution in [2.24, 2.45) is 0 Å². The normalized spacial score (nSPS) is 16.8. The molecule has 0 fully saturated rings. The zero-order valence-corrected chi connectivity index (χ0v) is 12.0. The fraction of sp³-hybridized carbons (Fsp3) is 0.286. The Morgan fingerprint density at radius 3 is 2.85 bits per heavy atom. The number of benzene rings is 1. The quantitative estimate of drug-likeness (QED) is 0.851. The van der Waals surface area contributed by atoms with Crippen molar-refractivity contribution in [1.29, 1.82) is 0 Å². The number of likely N-dealkylation sites (N-methyl/N-ethyl adjacent to an activating group) is 1. The van der Waals surface area contributed by atoms with Crippen LogP contribution in [0.4, 0.5) is 5.13 Å². The van der Waals surface area contributed by atoms with E-state index in [1.165, 1.54) is 16.2 Å². The fourth-order valence-electron chi connectivity index (χ4n) is 1.95. The molecule has 0 unspecified atom stereocenters. The summed E-state index contributed by atoms with van der Waals surface area (Å²) in [5, 5.41) is 2.57. The monoisotopic (exact) mass is 290 g/mol. The maximum atomic E-state index is 12.4.